The summed E-state index contributed by atoms with van der Waals surface area (Å²) >= 11 is 0. The second-order valence-electron chi connectivity index (χ2n) is 6.98. The van der Waals surface area contributed by atoms with E-state index in [0.29, 0.717) is 24.3 Å². The van der Waals surface area contributed by atoms with Gasteiger partial charge in [0.2, 0.25) is 15.9 Å². The molecule has 1 amide bonds. The molecular formula is C20H23F2N3O3S. The molecule has 1 fully saturated rings. The number of piperidine rings is 1. The number of nitrogens with one attached hydrogen (secondary N) is 2. The number of nitrogens with zero attached hydrogens (tertiary/aromatic N) is 1. The molecule has 6 nitrogen and oxygen atoms in total. The molecule has 9 heteroatoms. The minimum Gasteiger partial charge on any atom is -0.376 e. The second-order valence-corrected chi connectivity index (χ2v) is 8.88. The number of amides is 1. The van der Waals surface area contributed by atoms with Crippen LogP contribution in [0.3, 0.4) is 0 Å². The van der Waals surface area contributed by atoms with Crippen molar-refractivity contribution < 1.29 is 22.0 Å². The number of benzene rings is 2. The van der Waals surface area contributed by atoms with Crippen molar-refractivity contribution in [3.8, 4) is 0 Å². The maximum atomic E-state index is 13.2. The molecule has 156 valence electrons. The number of anilines is 2. The van der Waals surface area contributed by atoms with Gasteiger partial charge in [0.25, 0.3) is 0 Å². The summed E-state index contributed by atoms with van der Waals surface area (Å²) in [6.07, 6.45) is 2.72. The molecule has 0 aliphatic carbocycles. The summed E-state index contributed by atoms with van der Waals surface area (Å²) in [5.41, 5.74) is 1.24. The van der Waals surface area contributed by atoms with Crippen molar-refractivity contribution in [3.05, 3.63) is 53.6 Å². The molecule has 1 heterocycles. The van der Waals surface area contributed by atoms with Crippen molar-refractivity contribution in [1.82, 2.24) is 4.31 Å². The summed E-state index contributed by atoms with van der Waals surface area (Å²) in [4.78, 5) is 12.3. The van der Waals surface area contributed by atoms with Crippen LogP contribution >= 0.6 is 0 Å². The van der Waals surface area contributed by atoms with Gasteiger partial charge < -0.3 is 10.6 Å². The summed E-state index contributed by atoms with van der Waals surface area (Å²) in [6.45, 7) is 2.59. The lowest BCUT2D eigenvalue weighted by molar-refractivity contribution is -0.114. The molecule has 0 saturated carbocycles. The van der Waals surface area contributed by atoms with E-state index in [1.165, 1.54) is 16.4 Å². The first-order valence-corrected chi connectivity index (χ1v) is 10.8. The van der Waals surface area contributed by atoms with Crippen molar-refractivity contribution in [3.63, 3.8) is 0 Å². The van der Waals surface area contributed by atoms with Crippen LogP contribution in [0.2, 0.25) is 0 Å². The van der Waals surface area contributed by atoms with Crippen LogP contribution in [0.25, 0.3) is 0 Å². The van der Waals surface area contributed by atoms with E-state index in [1.807, 2.05) is 0 Å². The molecule has 1 aliphatic rings. The van der Waals surface area contributed by atoms with Crippen LogP contribution in [-0.4, -0.2) is 38.3 Å². The van der Waals surface area contributed by atoms with Gasteiger partial charge in [-0.05, 0) is 49.6 Å². The van der Waals surface area contributed by atoms with E-state index in [0.717, 1.165) is 31.4 Å². The van der Waals surface area contributed by atoms with Crippen molar-refractivity contribution >= 4 is 27.3 Å². The zero-order chi connectivity index (χ0) is 21.0. The maximum absolute atomic E-state index is 13.2. The van der Waals surface area contributed by atoms with Crippen LogP contribution in [0.15, 0.2) is 41.3 Å². The predicted octanol–water partition coefficient (Wildman–Crippen LogP) is 3.50. The van der Waals surface area contributed by atoms with Gasteiger partial charge in [-0.2, -0.15) is 4.31 Å². The van der Waals surface area contributed by atoms with Crippen molar-refractivity contribution in [1.29, 1.82) is 0 Å². The average Bonchev–Trinajstić information content (AvgIpc) is 2.70. The first-order chi connectivity index (χ1) is 13.8. The van der Waals surface area contributed by atoms with E-state index in [1.54, 1.807) is 19.1 Å². The van der Waals surface area contributed by atoms with Gasteiger partial charge in [0.1, 0.15) is 0 Å². The van der Waals surface area contributed by atoms with Crippen molar-refractivity contribution in [2.45, 2.75) is 31.1 Å². The highest BCUT2D eigenvalue weighted by Gasteiger charge is 2.27. The Balaban J connectivity index is 1.67. The van der Waals surface area contributed by atoms with Crippen LogP contribution < -0.4 is 10.6 Å². The molecule has 3 rings (SSSR count). The molecule has 0 aromatic heterocycles. The molecule has 0 spiro atoms. The third-order valence-corrected chi connectivity index (χ3v) is 6.82. The highest BCUT2D eigenvalue weighted by Crippen LogP contribution is 2.26. The van der Waals surface area contributed by atoms with Crippen LogP contribution in [0, 0.1) is 18.6 Å². The highest BCUT2D eigenvalue weighted by atomic mass is 32.2. The lowest BCUT2D eigenvalue weighted by Gasteiger charge is -2.26. The van der Waals surface area contributed by atoms with Gasteiger partial charge in [0.15, 0.2) is 11.6 Å². The lowest BCUT2D eigenvalue weighted by atomic mass is 10.2. The highest BCUT2D eigenvalue weighted by molar-refractivity contribution is 7.89. The first kappa shape index (κ1) is 21.2. The van der Waals surface area contributed by atoms with Crippen molar-refractivity contribution in [2.75, 3.05) is 30.3 Å². The van der Waals surface area contributed by atoms with Gasteiger partial charge in [-0.3, -0.25) is 4.79 Å². The van der Waals surface area contributed by atoms with Gasteiger partial charge in [0, 0.05) is 30.5 Å². The zero-order valence-corrected chi connectivity index (χ0v) is 16.9. The minimum absolute atomic E-state index is 0.132. The molecule has 0 bridgehead atoms. The lowest BCUT2D eigenvalue weighted by Crippen LogP contribution is -2.36. The molecule has 1 saturated heterocycles. The molecule has 0 unspecified atom stereocenters. The second kappa shape index (κ2) is 8.87. The summed E-state index contributed by atoms with van der Waals surface area (Å²) in [6, 6.07) is 7.97. The number of halogens is 2. The number of rotatable bonds is 6. The molecule has 29 heavy (non-hydrogen) atoms. The zero-order valence-electron chi connectivity index (χ0n) is 16.0. The standard InChI is InChI=1S/C20H23F2N3O3S/c1-14-5-6-15(12-19(14)29(27,28)25-9-3-2-4-10-25)23-13-20(26)24-16-7-8-17(21)18(22)11-16/h5-8,11-12,23H,2-4,9-10,13H2,1H3,(H,24,26). The van der Waals surface area contributed by atoms with E-state index in [4.69, 9.17) is 0 Å². The van der Waals surface area contributed by atoms with Crippen LogP contribution in [0.4, 0.5) is 20.2 Å². The third-order valence-electron chi connectivity index (χ3n) is 4.78. The topological polar surface area (TPSA) is 78.5 Å². The van der Waals surface area contributed by atoms with E-state index >= 15 is 0 Å². The van der Waals surface area contributed by atoms with Gasteiger partial charge in [-0.25, -0.2) is 17.2 Å². The fraction of sp³-hybridized carbons (Fsp3) is 0.350. The molecule has 0 atom stereocenters. The molecular weight excluding hydrogens is 400 g/mol. The predicted molar refractivity (Wildman–Crippen MR) is 107 cm³/mol. The Hall–Kier alpha value is -2.52. The van der Waals surface area contributed by atoms with Gasteiger partial charge in [-0.1, -0.05) is 12.5 Å². The Morgan fingerprint density at radius 2 is 1.69 bits per heavy atom. The Labute approximate surface area is 169 Å². The van der Waals surface area contributed by atoms with Crippen molar-refractivity contribution in [2.24, 2.45) is 0 Å². The first-order valence-electron chi connectivity index (χ1n) is 9.37. The quantitative estimate of drug-likeness (QED) is 0.746. The summed E-state index contributed by atoms with van der Waals surface area (Å²) in [7, 11) is -3.60. The summed E-state index contributed by atoms with van der Waals surface area (Å²) < 4.78 is 53.6. The Morgan fingerprint density at radius 1 is 1.00 bits per heavy atom. The molecule has 2 aromatic carbocycles. The normalized spacial score (nSPS) is 15.1. The van der Waals surface area contributed by atoms with E-state index < -0.39 is 27.6 Å². The Morgan fingerprint density at radius 3 is 2.38 bits per heavy atom. The molecule has 1 aliphatic heterocycles. The average molecular weight is 423 g/mol. The van der Waals surface area contributed by atoms with Gasteiger partial charge in [0.05, 0.1) is 11.4 Å². The molecule has 2 N–H and O–H groups in total. The van der Waals surface area contributed by atoms with Crippen LogP contribution in [0.5, 0.6) is 0 Å². The molecule has 2 aromatic rings. The SMILES string of the molecule is Cc1ccc(NCC(=O)Nc2ccc(F)c(F)c2)cc1S(=O)(=O)N1CCCCC1. The number of carbonyl (C=O) groups excluding carboxylic acids is 1. The monoisotopic (exact) mass is 423 g/mol. The third kappa shape index (κ3) is 5.10. The van der Waals surface area contributed by atoms with Crippen LogP contribution in [-0.2, 0) is 14.8 Å². The number of hydrogen-bond acceptors (Lipinski definition) is 4. The Kier molecular flexibility index (Phi) is 6.49. The summed E-state index contributed by atoms with van der Waals surface area (Å²) in [5.74, 6) is -2.53. The molecule has 0 radical (unpaired) electrons. The van der Waals surface area contributed by atoms with E-state index in [2.05, 4.69) is 10.6 Å². The van der Waals surface area contributed by atoms with Gasteiger partial charge >= 0.3 is 0 Å². The number of sulfonamides is 1. The van der Waals surface area contributed by atoms with Crippen LogP contribution in [0.1, 0.15) is 24.8 Å². The largest absolute Gasteiger partial charge is 0.376 e. The van der Waals surface area contributed by atoms with E-state index in [9.17, 15) is 22.0 Å². The van der Waals surface area contributed by atoms with Gasteiger partial charge in [-0.15, -0.1) is 0 Å². The summed E-state index contributed by atoms with van der Waals surface area (Å²) in [5, 5.41) is 5.32. The van der Waals surface area contributed by atoms with E-state index in [-0.39, 0.29) is 17.1 Å². The Bertz CT molecular complexity index is 1010. The number of hydrogen-bond donors (Lipinski definition) is 2. The smallest absolute Gasteiger partial charge is 0.243 e. The minimum atomic E-state index is -3.60. The number of carbonyl (C=O) groups is 1. The number of aryl methyl sites for hydroxylation is 1. The fourth-order valence-electron chi connectivity index (χ4n) is 3.19. The fourth-order valence-corrected chi connectivity index (χ4v) is 4.96. The maximum Gasteiger partial charge on any atom is 0.243 e.